The van der Waals surface area contributed by atoms with E-state index in [2.05, 4.69) is 63.1 Å². The van der Waals surface area contributed by atoms with Crippen molar-refractivity contribution < 1.29 is 0 Å². The lowest BCUT2D eigenvalue weighted by Crippen LogP contribution is -2.28. The summed E-state index contributed by atoms with van der Waals surface area (Å²) in [6.45, 7) is 3.05. The minimum absolute atomic E-state index is 0.873. The second kappa shape index (κ2) is 6.23. The molecule has 1 N–H and O–H groups in total. The summed E-state index contributed by atoms with van der Waals surface area (Å²) in [6.07, 6.45) is 6.66. The van der Waals surface area contributed by atoms with Crippen LogP contribution in [0.15, 0.2) is 54.5 Å². The quantitative estimate of drug-likeness (QED) is 0.845. The fourth-order valence-electron chi connectivity index (χ4n) is 2.28. The van der Waals surface area contributed by atoms with Gasteiger partial charge < -0.3 is 4.98 Å². The minimum Gasteiger partial charge on any atom is -0.338 e. The van der Waals surface area contributed by atoms with Crippen LogP contribution in [-0.2, 0) is 6.54 Å². The van der Waals surface area contributed by atoms with Crippen molar-refractivity contribution in [3.63, 3.8) is 0 Å². The maximum atomic E-state index is 3.96. The van der Waals surface area contributed by atoms with Gasteiger partial charge in [-0.1, -0.05) is 42.3 Å². The highest BCUT2D eigenvalue weighted by Crippen LogP contribution is 2.13. The first-order valence-electron chi connectivity index (χ1n) is 6.86. The Hall–Kier alpha value is -2.31. The molecule has 0 spiro atoms. The van der Waals surface area contributed by atoms with E-state index in [1.807, 2.05) is 0 Å². The summed E-state index contributed by atoms with van der Waals surface area (Å²) < 4.78 is 0. The maximum absolute atomic E-state index is 3.96. The van der Waals surface area contributed by atoms with Crippen LogP contribution in [0.2, 0.25) is 0 Å². The number of hydrogen-bond acceptors (Lipinski definition) is 2. The van der Waals surface area contributed by atoms with Crippen molar-refractivity contribution in [1.82, 2.24) is 14.9 Å². The number of hydrogen-bond donors (Lipinski definition) is 1. The molecule has 3 heteroatoms. The van der Waals surface area contributed by atoms with Crippen molar-refractivity contribution in [3.8, 4) is 11.8 Å². The Bertz CT molecular complexity index is 630. The van der Waals surface area contributed by atoms with Crippen LogP contribution >= 0.6 is 0 Å². The normalized spacial score (nSPS) is 15.3. The van der Waals surface area contributed by atoms with Gasteiger partial charge in [-0.2, -0.15) is 0 Å². The predicted octanol–water partition coefficient (Wildman–Crippen LogP) is 2.59. The van der Waals surface area contributed by atoms with Gasteiger partial charge in [0.1, 0.15) is 5.69 Å². The summed E-state index contributed by atoms with van der Waals surface area (Å²) in [5, 5.41) is 0. The van der Waals surface area contributed by atoms with E-state index < -0.39 is 0 Å². The molecule has 0 radical (unpaired) electrons. The van der Waals surface area contributed by atoms with Crippen LogP contribution in [0.4, 0.5) is 0 Å². The summed E-state index contributed by atoms with van der Waals surface area (Å²) in [7, 11) is 0. The molecule has 20 heavy (non-hydrogen) atoms. The Morgan fingerprint density at radius 3 is 2.80 bits per heavy atom. The third-order valence-corrected chi connectivity index (χ3v) is 3.40. The van der Waals surface area contributed by atoms with Gasteiger partial charge in [0, 0.05) is 25.2 Å². The molecular formula is C17H17N3. The SMILES string of the molecule is C(#Cc1cnc[nH]1)C1=CCN(Cc2ccccc2)CC1. The Labute approximate surface area is 119 Å². The molecule has 0 aliphatic carbocycles. The molecule has 0 amide bonds. The van der Waals surface area contributed by atoms with E-state index in [0.29, 0.717) is 0 Å². The zero-order valence-corrected chi connectivity index (χ0v) is 11.3. The third kappa shape index (κ3) is 3.37. The van der Waals surface area contributed by atoms with E-state index in [1.165, 1.54) is 11.1 Å². The van der Waals surface area contributed by atoms with Crippen LogP contribution in [0, 0.1) is 11.8 Å². The van der Waals surface area contributed by atoms with E-state index in [4.69, 9.17) is 0 Å². The number of nitrogens with one attached hydrogen (secondary N) is 1. The first-order valence-corrected chi connectivity index (χ1v) is 6.86. The monoisotopic (exact) mass is 263 g/mol. The van der Waals surface area contributed by atoms with Crippen LogP contribution < -0.4 is 0 Å². The Morgan fingerprint density at radius 2 is 2.10 bits per heavy atom. The van der Waals surface area contributed by atoms with Gasteiger partial charge in [-0.05, 0) is 17.9 Å². The first-order chi connectivity index (χ1) is 9.90. The topological polar surface area (TPSA) is 31.9 Å². The van der Waals surface area contributed by atoms with E-state index in [9.17, 15) is 0 Å². The molecule has 2 heterocycles. The number of rotatable bonds is 2. The van der Waals surface area contributed by atoms with E-state index in [0.717, 1.165) is 31.7 Å². The smallest absolute Gasteiger partial charge is 0.109 e. The lowest BCUT2D eigenvalue weighted by molar-refractivity contribution is 0.288. The molecule has 0 bridgehead atoms. The second-order valence-corrected chi connectivity index (χ2v) is 4.92. The number of imidazole rings is 1. The first kappa shape index (κ1) is 12.7. The minimum atomic E-state index is 0.873. The van der Waals surface area contributed by atoms with Crippen molar-refractivity contribution in [1.29, 1.82) is 0 Å². The van der Waals surface area contributed by atoms with Gasteiger partial charge >= 0.3 is 0 Å². The maximum Gasteiger partial charge on any atom is 0.109 e. The van der Waals surface area contributed by atoms with Gasteiger partial charge in [-0.25, -0.2) is 4.98 Å². The highest BCUT2D eigenvalue weighted by Gasteiger charge is 2.10. The molecule has 0 saturated carbocycles. The molecule has 1 aliphatic rings. The molecular weight excluding hydrogens is 246 g/mol. The van der Waals surface area contributed by atoms with E-state index in [-0.39, 0.29) is 0 Å². The number of benzene rings is 1. The standard InChI is InChI=1S/C17H17N3/c1-2-4-16(5-3-1)13-20-10-8-15(9-11-20)6-7-17-12-18-14-19-17/h1-5,8,12,14H,9-11,13H2,(H,18,19). The average molecular weight is 263 g/mol. The van der Waals surface area contributed by atoms with Crippen LogP contribution in [0.5, 0.6) is 0 Å². The molecule has 1 aliphatic heterocycles. The molecule has 2 aromatic rings. The number of aromatic amines is 1. The fraction of sp³-hybridized carbons (Fsp3) is 0.235. The molecule has 0 atom stereocenters. The Morgan fingerprint density at radius 1 is 1.20 bits per heavy atom. The molecule has 1 aromatic heterocycles. The van der Waals surface area contributed by atoms with Crippen LogP contribution in [0.3, 0.4) is 0 Å². The molecule has 1 aromatic carbocycles. The number of H-pyrrole nitrogens is 1. The summed E-state index contributed by atoms with van der Waals surface area (Å²) >= 11 is 0. The second-order valence-electron chi connectivity index (χ2n) is 4.92. The Kier molecular flexibility index (Phi) is 3.96. The van der Waals surface area contributed by atoms with Crippen LogP contribution in [0.25, 0.3) is 0 Å². The van der Waals surface area contributed by atoms with Crippen LogP contribution in [0.1, 0.15) is 17.7 Å². The van der Waals surface area contributed by atoms with Gasteiger partial charge in [0.2, 0.25) is 0 Å². The van der Waals surface area contributed by atoms with Gasteiger partial charge in [0.05, 0.1) is 12.5 Å². The average Bonchev–Trinajstić information content (AvgIpc) is 3.01. The van der Waals surface area contributed by atoms with Crippen molar-refractivity contribution in [2.24, 2.45) is 0 Å². The molecule has 0 fully saturated rings. The lowest BCUT2D eigenvalue weighted by atomic mass is 10.1. The molecule has 100 valence electrons. The molecule has 0 saturated heterocycles. The van der Waals surface area contributed by atoms with Crippen molar-refractivity contribution in [2.75, 3.05) is 13.1 Å². The van der Waals surface area contributed by atoms with Gasteiger partial charge in [0.25, 0.3) is 0 Å². The summed E-state index contributed by atoms with van der Waals surface area (Å²) in [6, 6.07) is 10.6. The van der Waals surface area contributed by atoms with E-state index in [1.54, 1.807) is 12.5 Å². The number of nitrogens with zero attached hydrogens (tertiary/aromatic N) is 2. The van der Waals surface area contributed by atoms with Gasteiger partial charge in [-0.15, -0.1) is 0 Å². The summed E-state index contributed by atoms with van der Waals surface area (Å²) in [5.41, 5.74) is 3.47. The van der Waals surface area contributed by atoms with Crippen molar-refractivity contribution in [3.05, 3.63) is 65.8 Å². The Balaban J connectivity index is 1.58. The summed E-state index contributed by atoms with van der Waals surface area (Å²) in [4.78, 5) is 9.40. The molecule has 0 unspecified atom stereocenters. The largest absolute Gasteiger partial charge is 0.338 e. The molecule has 3 nitrogen and oxygen atoms in total. The van der Waals surface area contributed by atoms with Crippen molar-refractivity contribution in [2.45, 2.75) is 13.0 Å². The van der Waals surface area contributed by atoms with Crippen molar-refractivity contribution >= 4 is 0 Å². The van der Waals surface area contributed by atoms with E-state index >= 15 is 0 Å². The van der Waals surface area contributed by atoms with Gasteiger partial charge in [0.15, 0.2) is 0 Å². The highest BCUT2D eigenvalue weighted by molar-refractivity contribution is 5.37. The zero-order valence-electron chi connectivity index (χ0n) is 11.3. The fourth-order valence-corrected chi connectivity index (χ4v) is 2.28. The highest BCUT2D eigenvalue weighted by atomic mass is 15.1. The zero-order chi connectivity index (χ0) is 13.6. The van der Waals surface area contributed by atoms with Gasteiger partial charge in [-0.3, -0.25) is 4.90 Å². The summed E-state index contributed by atoms with van der Waals surface area (Å²) in [5.74, 6) is 6.33. The third-order valence-electron chi connectivity index (χ3n) is 3.40. The lowest BCUT2D eigenvalue weighted by Gasteiger charge is -2.24. The van der Waals surface area contributed by atoms with Crippen LogP contribution in [-0.4, -0.2) is 28.0 Å². The predicted molar refractivity (Wildman–Crippen MR) is 79.9 cm³/mol. The number of aromatic nitrogens is 2. The molecule has 3 rings (SSSR count).